The number of nitrogens with one attached hydrogen (secondary N) is 1. The zero-order valence-corrected chi connectivity index (χ0v) is 10.7. The predicted octanol–water partition coefficient (Wildman–Crippen LogP) is 2.82. The second-order valence-electron chi connectivity index (χ2n) is 5.24. The first-order chi connectivity index (χ1) is 8.65. The van der Waals surface area contributed by atoms with Gasteiger partial charge in [0.05, 0.1) is 5.56 Å². The Morgan fingerprint density at radius 1 is 1.33 bits per heavy atom. The van der Waals surface area contributed by atoms with Gasteiger partial charge in [-0.2, -0.15) is 0 Å². The zero-order valence-electron chi connectivity index (χ0n) is 9.89. The summed E-state index contributed by atoms with van der Waals surface area (Å²) in [5, 5.41) is 14.0. The lowest BCUT2D eigenvalue weighted by atomic mass is 9.88. The molecule has 3 rings (SSSR count). The summed E-state index contributed by atoms with van der Waals surface area (Å²) in [5.41, 5.74) is 0.191. The number of aromatic carboxylic acids is 1. The third-order valence-corrected chi connectivity index (χ3v) is 5.04. The fourth-order valence-corrected chi connectivity index (χ4v) is 4.13. The minimum absolute atomic E-state index is 0.00662. The van der Waals surface area contributed by atoms with E-state index < -0.39 is 5.97 Å². The van der Waals surface area contributed by atoms with Crippen molar-refractivity contribution in [1.82, 2.24) is 0 Å². The highest BCUT2D eigenvalue weighted by atomic mass is 32.1. The summed E-state index contributed by atoms with van der Waals surface area (Å²) in [4.78, 5) is 23.1. The Morgan fingerprint density at radius 3 is 2.78 bits per heavy atom. The number of carboxylic acid groups (broad SMARTS) is 1. The number of hydrogen-bond acceptors (Lipinski definition) is 3. The molecule has 0 spiro atoms. The SMILES string of the molecule is O=C(O)c1ccsc1NC(=O)C1CC2CCC1C2. The topological polar surface area (TPSA) is 66.4 Å². The Bertz CT molecular complexity index is 496. The van der Waals surface area contributed by atoms with Crippen LogP contribution in [0.15, 0.2) is 11.4 Å². The van der Waals surface area contributed by atoms with Crippen LogP contribution >= 0.6 is 11.3 Å². The van der Waals surface area contributed by atoms with Crippen LogP contribution in [-0.4, -0.2) is 17.0 Å². The number of carbonyl (C=O) groups excluding carboxylic acids is 1. The van der Waals surface area contributed by atoms with Gasteiger partial charge in [0.2, 0.25) is 5.91 Å². The third kappa shape index (κ3) is 1.92. The van der Waals surface area contributed by atoms with Gasteiger partial charge < -0.3 is 10.4 Å². The molecule has 0 aromatic carbocycles. The summed E-state index contributed by atoms with van der Waals surface area (Å²) < 4.78 is 0. The van der Waals surface area contributed by atoms with Gasteiger partial charge in [-0.25, -0.2) is 4.79 Å². The Labute approximate surface area is 109 Å². The van der Waals surface area contributed by atoms with Gasteiger partial charge in [0.25, 0.3) is 0 Å². The molecule has 1 aromatic rings. The molecule has 2 fully saturated rings. The van der Waals surface area contributed by atoms with E-state index >= 15 is 0 Å². The number of fused-ring (bicyclic) bond motifs is 2. The van der Waals surface area contributed by atoms with Crippen LogP contribution in [0, 0.1) is 17.8 Å². The lowest BCUT2D eigenvalue weighted by Crippen LogP contribution is -2.27. The van der Waals surface area contributed by atoms with Crippen molar-refractivity contribution in [3.63, 3.8) is 0 Å². The number of amides is 1. The molecule has 1 heterocycles. The molecule has 3 unspecified atom stereocenters. The maximum Gasteiger partial charge on any atom is 0.338 e. The Balaban J connectivity index is 1.71. The molecule has 2 saturated carbocycles. The first kappa shape index (κ1) is 11.7. The maximum atomic E-state index is 12.2. The van der Waals surface area contributed by atoms with Crippen molar-refractivity contribution in [2.24, 2.45) is 17.8 Å². The number of thiophene rings is 1. The molecule has 2 N–H and O–H groups in total. The van der Waals surface area contributed by atoms with Crippen LogP contribution in [0.5, 0.6) is 0 Å². The molecular weight excluding hydrogens is 250 g/mol. The van der Waals surface area contributed by atoms with Gasteiger partial charge in [-0.1, -0.05) is 6.42 Å². The van der Waals surface area contributed by atoms with E-state index in [9.17, 15) is 9.59 Å². The Kier molecular flexibility index (Phi) is 2.86. The van der Waals surface area contributed by atoms with Gasteiger partial charge in [-0.3, -0.25) is 4.79 Å². The zero-order chi connectivity index (χ0) is 12.7. The molecule has 96 valence electrons. The Hall–Kier alpha value is -1.36. The second-order valence-corrected chi connectivity index (χ2v) is 6.16. The molecule has 2 aliphatic rings. The molecule has 1 aromatic heterocycles. The third-order valence-electron chi connectivity index (χ3n) is 4.21. The van der Waals surface area contributed by atoms with Gasteiger partial charge in [-0.15, -0.1) is 11.3 Å². The summed E-state index contributed by atoms with van der Waals surface area (Å²) >= 11 is 1.27. The maximum absolute atomic E-state index is 12.2. The molecule has 1 amide bonds. The standard InChI is InChI=1S/C13H15NO3S/c15-11(10-6-7-1-2-8(10)5-7)14-12-9(13(16)17)3-4-18-12/h3-4,7-8,10H,1-2,5-6H2,(H,14,15)(H,16,17). The van der Waals surface area contributed by atoms with Crippen LogP contribution in [0.4, 0.5) is 5.00 Å². The van der Waals surface area contributed by atoms with Crippen molar-refractivity contribution in [2.45, 2.75) is 25.7 Å². The number of anilines is 1. The fourth-order valence-electron chi connectivity index (χ4n) is 3.34. The van der Waals surface area contributed by atoms with Gasteiger partial charge in [0.15, 0.2) is 0 Å². The molecule has 3 atom stereocenters. The normalized spacial score (nSPS) is 29.4. The highest BCUT2D eigenvalue weighted by molar-refractivity contribution is 7.14. The quantitative estimate of drug-likeness (QED) is 0.883. The predicted molar refractivity (Wildman–Crippen MR) is 68.8 cm³/mol. The van der Waals surface area contributed by atoms with Crippen molar-refractivity contribution < 1.29 is 14.7 Å². The van der Waals surface area contributed by atoms with Crippen molar-refractivity contribution in [3.05, 3.63) is 17.0 Å². The minimum atomic E-state index is -0.987. The van der Waals surface area contributed by atoms with Gasteiger partial charge in [0.1, 0.15) is 5.00 Å². The summed E-state index contributed by atoms with van der Waals surface area (Å²) in [7, 11) is 0. The van der Waals surface area contributed by atoms with Gasteiger partial charge >= 0.3 is 5.97 Å². The number of carboxylic acids is 1. The van der Waals surface area contributed by atoms with Crippen LogP contribution in [0.3, 0.4) is 0 Å². The molecule has 18 heavy (non-hydrogen) atoms. The lowest BCUT2D eigenvalue weighted by Gasteiger charge is -2.20. The smallest absolute Gasteiger partial charge is 0.338 e. The van der Waals surface area contributed by atoms with E-state index in [1.807, 2.05) is 0 Å². The summed E-state index contributed by atoms with van der Waals surface area (Å²) in [6.45, 7) is 0. The van der Waals surface area contributed by atoms with Gasteiger partial charge in [-0.05, 0) is 42.5 Å². The number of rotatable bonds is 3. The second kappa shape index (κ2) is 4.39. The number of carbonyl (C=O) groups is 2. The van der Waals surface area contributed by atoms with E-state index in [1.165, 1.54) is 30.2 Å². The van der Waals surface area contributed by atoms with Crippen molar-refractivity contribution in [1.29, 1.82) is 0 Å². The average Bonchev–Trinajstić information content (AvgIpc) is 3.03. The summed E-state index contributed by atoms with van der Waals surface area (Å²) in [6, 6.07) is 1.53. The molecule has 5 heteroatoms. The molecular formula is C13H15NO3S. The van der Waals surface area contributed by atoms with Crippen molar-refractivity contribution >= 4 is 28.2 Å². The van der Waals surface area contributed by atoms with E-state index in [1.54, 1.807) is 5.38 Å². The number of hydrogen-bond donors (Lipinski definition) is 2. The largest absolute Gasteiger partial charge is 0.478 e. The van der Waals surface area contributed by atoms with Crippen LogP contribution in [0.2, 0.25) is 0 Å². The van der Waals surface area contributed by atoms with Crippen LogP contribution in [-0.2, 0) is 4.79 Å². The van der Waals surface area contributed by atoms with Gasteiger partial charge in [0, 0.05) is 5.92 Å². The van der Waals surface area contributed by atoms with E-state index in [0.29, 0.717) is 16.8 Å². The van der Waals surface area contributed by atoms with Crippen LogP contribution in [0.1, 0.15) is 36.0 Å². The molecule has 0 aliphatic heterocycles. The monoisotopic (exact) mass is 265 g/mol. The van der Waals surface area contributed by atoms with Crippen LogP contribution < -0.4 is 5.32 Å². The average molecular weight is 265 g/mol. The lowest BCUT2D eigenvalue weighted by molar-refractivity contribution is -0.121. The van der Waals surface area contributed by atoms with E-state index in [2.05, 4.69) is 5.32 Å². The highest BCUT2D eigenvalue weighted by Gasteiger charge is 2.43. The molecule has 2 bridgehead atoms. The fraction of sp³-hybridized carbons (Fsp3) is 0.538. The molecule has 2 aliphatic carbocycles. The first-order valence-electron chi connectivity index (χ1n) is 6.27. The Morgan fingerprint density at radius 2 is 2.17 bits per heavy atom. The summed E-state index contributed by atoms with van der Waals surface area (Å²) in [5.74, 6) is 0.343. The van der Waals surface area contributed by atoms with E-state index in [4.69, 9.17) is 5.11 Å². The van der Waals surface area contributed by atoms with E-state index in [-0.39, 0.29) is 17.4 Å². The molecule has 4 nitrogen and oxygen atoms in total. The van der Waals surface area contributed by atoms with Crippen molar-refractivity contribution in [2.75, 3.05) is 5.32 Å². The molecule has 0 saturated heterocycles. The van der Waals surface area contributed by atoms with Crippen molar-refractivity contribution in [3.8, 4) is 0 Å². The van der Waals surface area contributed by atoms with Crippen LogP contribution in [0.25, 0.3) is 0 Å². The van der Waals surface area contributed by atoms with E-state index in [0.717, 1.165) is 12.8 Å². The molecule has 0 radical (unpaired) electrons. The minimum Gasteiger partial charge on any atom is -0.478 e. The highest BCUT2D eigenvalue weighted by Crippen LogP contribution is 2.48. The summed E-state index contributed by atoms with van der Waals surface area (Å²) in [6.07, 6.45) is 4.56. The first-order valence-corrected chi connectivity index (χ1v) is 7.14.